The van der Waals surface area contributed by atoms with Crippen molar-refractivity contribution in [2.45, 2.75) is 78.1 Å². The molecule has 2 aromatic rings. The predicted octanol–water partition coefficient (Wildman–Crippen LogP) is 5.57. The van der Waals surface area contributed by atoms with Crippen LogP contribution in [0.3, 0.4) is 0 Å². The van der Waals surface area contributed by atoms with E-state index >= 15 is 0 Å². The molecule has 1 aliphatic rings. The molecule has 0 saturated heterocycles. The number of phenolic OH excluding ortho intramolecular Hbond substituents is 1. The maximum atomic E-state index is 14.3. The molecule has 8 nitrogen and oxygen atoms in total. The van der Waals surface area contributed by atoms with Crippen molar-refractivity contribution in [3.63, 3.8) is 0 Å². The minimum Gasteiger partial charge on any atom is -0.507 e. The van der Waals surface area contributed by atoms with Gasteiger partial charge in [0.25, 0.3) is 5.91 Å². The highest BCUT2D eigenvalue weighted by atomic mass is 32.2. The average Bonchev–Trinajstić information content (AvgIpc) is 3.57. The second-order valence-corrected chi connectivity index (χ2v) is 12.2. The van der Waals surface area contributed by atoms with Gasteiger partial charge in [0, 0.05) is 17.3 Å². The van der Waals surface area contributed by atoms with Gasteiger partial charge in [-0.3, -0.25) is 9.59 Å². The molecule has 0 aromatic heterocycles. The third-order valence-electron chi connectivity index (χ3n) is 6.77. The number of thioether (sulfide) groups is 1. The van der Waals surface area contributed by atoms with Crippen LogP contribution in [-0.4, -0.2) is 57.6 Å². The molecule has 0 aliphatic heterocycles. The van der Waals surface area contributed by atoms with Crippen LogP contribution in [0.25, 0.3) is 0 Å². The molecule has 212 valence electrons. The average molecular weight is 556 g/mol. The lowest BCUT2D eigenvalue weighted by atomic mass is 9.98. The summed E-state index contributed by atoms with van der Waals surface area (Å²) in [5.41, 5.74) is 1.71. The number of alkyl carbamates (subject to hydrolysis) is 1. The highest BCUT2D eigenvalue weighted by Crippen LogP contribution is 2.43. The topological polar surface area (TPSA) is 108 Å². The summed E-state index contributed by atoms with van der Waals surface area (Å²) in [7, 11) is 0. The Hall–Kier alpha value is -3.20. The molecule has 1 saturated carbocycles. The summed E-state index contributed by atoms with van der Waals surface area (Å²) in [4.78, 5) is 42.6. The van der Waals surface area contributed by atoms with Crippen LogP contribution in [0.1, 0.15) is 63.3 Å². The van der Waals surface area contributed by atoms with E-state index in [0.29, 0.717) is 35.4 Å². The van der Waals surface area contributed by atoms with Gasteiger partial charge in [-0.1, -0.05) is 43.3 Å². The Kier molecular flexibility index (Phi) is 9.93. The summed E-state index contributed by atoms with van der Waals surface area (Å²) in [6, 6.07) is 10.4. The number of nitrogens with zero attached hydrogens (tertiary/aromatic N) is 1. The number of benzene rings is 2. The van der Waals surface area contributed by atoms with Crippen LogP contribution in [0.4, 0.5) is 10.5 Å². The van der Waals surface area contributed by atoms with Crippen molar-refractivity contribution in [3.8, 4) is 5.75 Å². The van der Waals surface area contributed by atoms with Gasteiger partial charge in [-0.25, -0.2) is 4.79 Å². The Morgan fingerprint density at radius 3 is 2.33 bits per heavy atom. The molecule has 1 aliphatic carbocycles. The number of phenols is 1. The molecule has 39 heavy (non-hydrogen) atoms. The maximum Gasteiger partial charge on any atom is 0.408 e. The predicted molar refractivity (Wildman–Crippen MR) is 156 cm³/mol. The third-order valence-corrected chi connectivity index (χ3v) is 7.42. The van der Waals surface area contributed by atoms with Gasteiger partial charge < -0.3 is 25.4 Å². The zero-order valence-electron chi connectivity index (χ0n) is 23.9. The number of ether oxygens (including phenoxy) is 1. The molecule has 3 N–H and O–H groups in total. The Labute approximate surface area is 235 Å². The number of carbonyl (C=O) groups excluding carboxylic acids is 3. The first-order valence-electron chi connectivity index (χ1n) is 13.3. The largest absolute Gasteiger partial charge is 0.507 e. The first kappa shape index (κ1) is 30.3. The van der Waals surface area contributed by atoms with Crippen LogP contribution in [0.2, 0.25) is 0 Å². The van der Waals surface area contributed by atoms with Crippen LogP contribution in [0.15, 0.2) is 42.5 Å². The van der Waals surface area contributed by atoms with E-state index in [9.17, 15) is 19.5 Å². The monoisotopic (exact) mass is 555 g/mol. The van der Waals surface area contributed by atoms with Crippen LogP contribution >= 0.6 is 11.8 Å². The Bertz CT molecular complexity index is 1200. The number of para-hydroxylation sites is 2. The molecule has 1 fully saturated rings. The number of hydrogen-bond donors (Lipinski definition) is 3. The SMILES string of the molecule is CSCCC(NC(=O)OC(C)(C)C)C(=O)N(C(C(=O)Nc1ccccc1C)c1cccc(C)c1O)C1CC1C. The molecule has 4 atom stereocenters. The molecular weight excluding hydrogens is 514 g/mol. The molecule has 0 radical (unpaired) electrons. The number of amides is 3. The number of aromatic hydroxyl groups is 1. The number of hydrogen-bond acceptors (Lipinski definition) is 6. The van der Waals surface area contributed by atoms with Crippen molar-refractivity contribution in [1.82, 2.24) is 10.2 Å². The van der Waals surface area contributed by atoms with Gasteiger partial charge >= 0.3 is 6.09 Å². The molecule has 3 rings (SSSR count). The van der Waals surface area contributed by atoms with Crippen molar-refractivity contribution in [3.05, 3.63) is 59.2 Å². The van der Waals surface area contributed by atoms with Crippen molar-refractivity contribution in [2.75, 3.05) is 17.3 Å². The molecule has 2 aromatic carbocycles. The van der Waals surface area contributed by atoms with E-state index < -0.39 is 29.7 Å². The van der Waals surface area contributed by atoms with Crippen LogP contribution in [-0.2, 0) is 14.3 Å². The van der Waals surface area contributed by atoms with Gasteiger partial charge in [-0.05, 0) is 82.6 Å². The van der Waals surface area contributed by atoms with E-state index in [0.717, 1.165) is 5.56 Å². The lowest BCUT2D eigenvalue weighted by Gasteiger charge is -2.35. The fraction of sp³-hybridized carbons (Fsp3) is 0.500. The van der Waals surface area contributed by atoms with Gasteiger partial charge in [-0.2, -0.15) is 11.8 Å². The van der Waals surface area contributed by atoms with E-state index in [1.54, 1.807) is 68.6 Å². The number of anilines is 1. The van der Waals surface area contributed by atoms with Gasteiger partial charge in [0.1, 0.15) is 23.4 Å². The first-order valence-corrected chi connectivity index (χ1v) is 14.7. The number of carbonyl (C=O) groups is 3. The lowest BCUT2D eigenvalue weighted by Crippen LogP contribution is -2.53. The summed E-state index contributed by atoms with van der Waals surface area (Å²) in [5.74, 6) is -0.0592. The van der Waals surface area contributed by atoms with Crippen LogP contribution < -0.4 is 10.6 Å². The molecule has 3 amide bonds. The van der Waals surface area contributed by atoms with Gasteiger partial charge in [0.2, 0.25) is 5.91 Å². The summed E-state index contributed by atoms with van der Waals surface area (Å²) >= 11 is 1.56. The quantitative estimate of drug-likeness (QED) is 0.354. The van der Waals surface area contributed by atoms with E-state index in [-0.39, 0.29) is 23.6 Å². The Morgan fingerprint density at radius 2 is 1.74 bits per heavy atom. The van der Waals surface area contributed by atoms with E-state index in [4.69, 9.17) is 4.74 Å². The molecule has 0 spiro atoms. The van der Waals surface area contributed by atoms with E-state index in [1.165, 1.54) is 0 Å². The molecule has 0 bridgehead atoms. The Morgan fingerprint density at radius 1 is 1.10 bits per heavy atom. The van der Waals surface area contributed by atoms with E-state index in [2.05, 4.69) is 10.6 Å². The molecule has 0 heterocycles. The van der Waals surface area contributed by atoms with Crippen LogP contribution in [0.5, 0.6) is 5.75 Å². The van der Waals surface area contributed by atoms with Gasteiger partial charge in [0.15, 0.2) is 0 Å². The summed E-state index contributed by atoms with van der Waals surface area (Å²) in [6.45, 7) is 11.0. The molecule has 4 unspecified atom stereocenters. The smallest absolute Gasteiger partial charge is 0.408 e. The second-order valence-electron chi connectivity index (χ2n) is 11.2. The third kappa shape index (κ3) is 7.91. The van der Waals surface area contributed by atoms with Gasteiger partial charge in [-0.15, -0.1) is 0 Å². The fourth-order valence-corrected chi connectivity index (χ4v) is 5.00. The normalized spacial score (nSPS) is 18.0. The zero-order chi connectivity index (χ0) is 28.9. The highest BCUT2D eigenvalue weighted by molar-refractivity contribution is 7.98. The van der Waals surface area contributed by atoms with Crippen molar-refractivity contribution < 1.29 is 24.2 Å². The summed E-state index contributed by atoms with van der Waals surface area (Å²) in [6.07, 6.45) is 2.32. The standard InChI is InChI=1S/C30H41N3O5S/c1-18-11-8-9-14-22(18)31-27(35)25(21-13-10-12-19(2)26(21)34)33(24-17-20(24)3)28(36)23(15-16-39-7)32-29(37)38-30(4,5)6/h8-14,20,23-25,34H,15-17H2,1-7H3,(H,31,35)(H,32,37). The van der Waals surface area contributed by atoms with Crippen LogP contribution in [0, 0.1) is 19.8 Å². The lowest BCUT2D eigenvalue weighted by molar-refractivity contribution is -0.141. The maximum absolute atomic E-state index is 14.3. The summed E-state index contributed by atoms with van der Waals surface area (Å²) in [5, 5.41) is 16.8. The first-order chi connectivity index (χ1) is 18.3. The number of rotatable bonds is 10. The van der Waals surface area contributed by atoms with Crippen molar-refractivity contribution in [2.24, 2.45) is 5.92 Å². The molecule has 9 heteroatoms. The Balaban J connectivity index is 2.06. The van der Waals surface area contributed by atoms with Gasteiger partial charge in [0.05, 0.1) is 0 Å². The highest BCUT2D eigenvalue weighted by Gasteiger charge is 2.48. The summed E-state index contributed by atoms with van der Waals surface area (Å²) < 4.78 is 5.45. The van der Waals surface area contributed by atoms with E-state index in [1.807, 2.05) is 38.3 Å². The van der Waals surface area contributed by atoms with Crippen molar-refractivity contribution in [1.29, 1.82) is 0 Å². The zero-order valence-corrected chi connectivity index (χ0v) is 24.7. The number of nitrogens with one attached hydrogen (secondary N) is 2. The minimum absolute atomic E-state index is 0.0331. The van der Waals surface area contributed by atoms with Crippen molar-refractivity contribution >= 4 is 35.4 Å². The second kappa shape index (κ2) is 12.8. The minimum atomic E-state index is -1.11. The number of aryl methyl sites for hydroxylation is 2. The fourth-order valence-electron chi connectivity index (χ4n) is 4.53. The molecular formula is C30H41N3O5S.